The summed E-state index contributed by atoms with van der Waals surface area (Å²) in [5, 5.41) is 0. The third-order valence-electron chi connectivity index (χ3n) is 3.37. The largest absolute Gasteiger partial charge is 0.300 e. The zero-order chi connectivity index (χ0) is 12.7. The van der Waals surface area contributed by atoms with Crippen LogP contribution in [0, 0.1) is 0 Å². The third-order valence-corrected chi connectivity index (χ3v) is 5.16. The molecule has 0 saturated carbocycles. The summed E-state index contributed by atoms with van der Waals surface area (Å²) in [4.78, 5) is 3.77. The first-order valence-electron chi connectivity index (χ1n) is 5.85. The number of likely N-dealkylation sites (N-methyl/N-ethyl adjacent to an activating group) is 1. The summed E-state index contributed by atoms with van der Waals surface area (Å²) in [6.45, 7) is 2.07. The van der Waals surface area contributed by atoms with E-state index >= 15 is 0 Å². The van der Waals surface area contributed by atoms with Crippen LogP contribution in [0.1, 0.15) is 21.9 Å². The quantitative estimate of drug-likeness (QED) is 0.723. The smallest absolute Gasteiger partial charge is 0.0934 e. The Labute approximate surface area is 125 Å². The summed E-state index contributed by atoms with van der Waals surface area (Å²) in [6, 6.07) is 10.8. The Morgan fingerprint density at radius 2 is 2.06 bits per heavy atom. The van der Waals surface area contributed by atoms with Crippen LogP contribution in [-0.2, 0) is 6.54 Å². The Kier molecular flexibility index (Phi) is 3.50. The molecule has 1 atom stereocenters. The van der Waals surface area contributed by atoms with Crippen molar-refractivity contribution >= 4 is 38.9 Å². The standard InChI is InChI=1S/C14H13BrClNS/c1-17-7-12(9-2-4-10(15)5-3-9)11-6-14(16)18-13(11)8-17/h2-6,12H,7-8H2,1H3. The van der Waals surface area contributed by atoms with E-state index in [-0.39, 0.29) is 0 Å². The molecule has 0 saturated heterocycles. The van der Waals surface area contributed by atoms with Crippen molar-refractivity contribution in [3.8, 4) is 0 Å². The average Bonchev–Trinajstić information content (AvgIpc) is 2.69. The molecule has 0 fully saturated rings. The molecule has 1 aromatic carbocycles. The van der Waals surface area contributed by atoms with Crippen molar-refractivity contribution in [2.75, 3.05) is 13.6 Å². The first-order chi connectivity index (χ1) is 8.63. The molecule has 1 aliphatic heterocycles. The van der Waals surface area contributed by atoms with Crippen molar-refractivity contribution in [2.45, 2.75) is 12.5 Å². The Morgan fingerprint density at radius 3 is 2.78 bits per heavy atom. The highest BCUT2D eigenvalue weighted by Crippen LogP contribution is 2.39. The van der Waals surface area contributed by atoms with Gasteiger partial charge in [0.25, 0.3) is 0 Å². The topological polar surface area (TPSA) is 3.24 Å². The van der Waals surface area contributed by atoms with Crippen molar-refractivity contribution in [2.24, 2.45) is 0 Å². The molecule has 1 unspecified atom stereocenters. The van der Waals surface area contributed by atoms with Crippen molar-refractivity contribution in [3.63, 3.8) is 0 Å². The van der Waals surface area contributed by atoms with E-state index in [4.69, 9.17) is 11.6 Å². The minimum atomic E-state index is 0.440. The molecule has 0 N–H and O–H groups in total. The van der Waals surface area contributed by atoms with Crippen LogP contribution in [0.4, 0.5) is 0 Å². The molecule has 0 bridgehead atoms. The zero-order valence-electron chi connectivity index (χ0n) is 9.99. The molecule has 2 heterocycles. The number of hydrogen-bond acceptors (Lipinski definition) is 2. The van der Waals surface area contributed by atoms with E-state index in [1.165, 1.54) is 16.0 Å². The van der Waals surface area contributed by atoms with Gasteiger partial charge in [0, 0.05) is 28.4 Å². The number of nitrogens with zero attached hydrogens (tertiary/aromatic N) is 1. The summed E-state index contributed by atoms with van der Waals surface area (Å²) >= 11 is 11.4. The molecule has 3 rings (SSSR count). The SMILES string of the molecule is CN1Cc2sc(Cl)cc2C(c2ccc(Br)cc2)C1. The van der Waals surface area contributed by atoms with Gasteiger partial charge in [-0.15, -0.1) is 11.3 Å². The maximum Gasteiger partial charge on any atom is 0.0934 e. The van der Waals surface area contributed by atoms with E-state index in [0.29, 0.717) is 5.92 Å². The Bertz CT molecular complexity index is 564. The van der Waals surface area contributed by atoms with E-state index in [0.717, 1.165) is 21.9 Å². The van der Waals surface area contributed by atoms with Gasteiger partial charge >= 0.3 is 0 Å². The van der Waals surface area contributed by atoms with Crippen molar-refractivity contribution in [1.82, 2.24) is 4.90 Å². The summed E-state index contributed by atoms with van der Waals surface area (Å²) in [6.07, 6.45) is 0. The van der Waals surface area contributed by atoms with E-state index < -0.39 is 0 Å². The van der Waals surface area contributed by atoms with Crippen LogP contribution in [0.5, 0.6) is 0 Å². The van der Waals surface area contributed by atoms with Crippen LogP contribution in [0.3, 0.4) is 0 Å². The van der Waals surface area contributed by atoms with E-state index in [1.54, 1.807) is 11.3 Å². The minimum absolute atomic E-state index is 0.440. The number of fused-ring (bicyclic) bond motifs is 1. The second-order valence-electron chi connectivity index (χ2n) is 4.73. The molecule has 0 amide bonds. The molecular formula is C14H13BrClNS. The van der Waals surface area contributed by atoms with Crippen LogP contribution in [0.15, 0.2) is 34.8 Å². The predicted molar refractivity (Wildman–Crippen MR) is 81.6 cm³/mol. The number of thiophene rings is 1. The maximum atomic E-state index is 6.17. The molecule has 94 valence electrons. The molecule has 18 heavy (non-hydrogen) atoms. The first-order valence-corrected chi connectivity index (χ1v) is 7.84. The number of hydrogen-bond donors (Lipinski definition) is 0. The average molecular weight is 343 g/mol. The number of benzene rings is 1. The third kappa shape index (κ3) is 2.37. The molecule has 2 aromatic rings. The molecule has 4 heteroatoms. The minimum Gasteiger partial charge on any atom is -0.300 e. The Hall–Kier alpha value is -0.350. The van der Waals surface area contributed by atoms with Gasteiger partial charge in [-0.3, -0.25) is 0 Å². The fourth-order valence-electron chi connectivity index (χ4n) is 2.53. The fraction of sp³-hybridized carbons (Fsp3) is 0.286. The summed E-state index contributed by atoms with van der Waals surface area (Å²) in [7, 11) is 2.17. The van der Waals surface area contributed by atoms with Crippen molar-refractivity contribution in [3.05, 3.63) is 55.1 Å². The van der Waals surface area contributed by atoms with E-state index in [1.807, 2.05) is 0 Å². The van der Waals surface area contributed by atoms with Gasteiger partial charge in [-0.1, -0.05) is 39.7 Å². The van der Waals surface area contributed by atoms with Gasteiger partial charge in [-0.2, -0.15) is 0 Å². The zero-order valence-corrected chi connectivity index (χ0v) is 13.1. The number of rotatable bonds is 1. The van der Waals surface area contributed by atoms with Gasteiger partial charge in [0.1, 0.15) is 0 Å². The highest BCUT2D eigenvalue weighted by atomic mass is 79.9. The highest BCUT2D eigenvalue weighted by Gasteiger charge is 2.26. The van der Waals surface area contributed by atoms with Crippen LogP contribution >= 0.6 is 38.9 Å². The van der Waals surface area contributed by atoms with Gasteiger partial charge in [0.05, 0.1) is 4.34 Å². The van der Waals surface area contributed by atoms with Gasteiger partial charge < -0.3 is 4.90 Å². The van der Waals surface area contributed by atoms with Crippen LogP contribution in [0.2, 0.25) is 4.34 Å². The van der Waals surface area contributed by atoms with Gasteiger partial charge in [-0.05, 0) is 36.4 Å². The molecule has 0 spiro atoms. The fourth-order valence-corrected chi connectivity index (χ4v) is 4.21. The second kappa shape index (κ2) is 4.97. The monoisotopic (exact) mass is 341 g/mol. The second-order valence-corrected chi connectivity index (χ2v) is 7.41. The lowest BCUT2D eigenvalue weighted by atomic mass is 9.89. The lowest BCUT2D eigenvalue weighted by molar-refractivity contribution is 0.299. The Morgan fingerprint density at radius 1 is 1.33 bits per heavy atom. The summed E-state index contributed by atoms with van der Waals surface area (Å²) in [5.41, 5.74) is 2.77. The molecule has 1 nitrogen and oxygen atoms in total. The van der Waals surface area contributed by atoms with Crippen LogP contribution in [-0.4, -0.2) is 18.5 Å². The van der Waals surface area contributed by atoms with Crippen molar-refractivity contribution in [1.29, 1.82) is 0 Å². The van der Waals surface area contributed by atoms with Crippen molar-refractivity contribution < 1.29 is 0 Å². The summed E-state index contributed by atoms with van der Waals surface area (Å²) in [5.74, 6) is 0.440. The summed E-state index contributed by atoms with van der Waals surface area (Å²) < 4.78 is 2.02. The maximum absolute atomic E-state index is 6.17. The molecule has 0 aliphatic carbocycles. The first kappa shape index (κ1) is 12.7. The van der Waals surface area contributed by atoms with Gasteiger partial charge in [0.15, 0.2) is 0 Å². The number of halogens is 2. The normalized spacial score (nSPS) is 19.8. The van der Waals surface area contributed by atoms with Gasteiger partial charge in [0.2, 0.25) is 0 Å². The molecule has 1 aliphatic rings. The Balaban J connectivity index is 2.04. The lowest BCUT2D eigenvalue weighted by Gasteiger charge is -2.30. The predicted octanol–water partition coefficient (Wildman–Crippen LogP) is 4.74. The van der Waals surface area contributed by atoms with E-state index in [9.17, 15) is 0 Å². The molecule has 0 radical (unpaired) electrons. The lowest BCUT2D eigenvalue weighted by Crippen LogP contribution is -2.29. The van der Waals surface area contributed by atoms with Crippen LogP contribution in [0.25, 0.3) is 0 Å². The van der Waals surface area contributed by atoms with Crippen LogP contribution < -0.4 is 0 Å². The molecular weight excluding hydrogens is 330 g/mol. The van der Waals surface area contributed by atoms with E-state index in [2.05, 4.69) is 58.2 Å². The highest BCUT2D eigenvalue weighted by molar-refractivity contribution is 9.10. The van der Waals surface area contributed by atoms with Gasteiger partial charge in [-0.25, -0.2) is 0 Å². The molecule has 1 aromatic heterocycles.